The van der Waals surface area contributed by atoms with Gasteiger partial charge in [0.05, 0.1) is 0 Å². The molecule has 0 spiro atoms. The lowest BCUT2D eigenvalue weighted by atomic mass is 9.99. The van der Waals surface area contributed by atoms with Crippen LogP contribution in [0, 0.1) is 5.92 Å². The number of nitrogens with one attached hydrogen (secondary N) is 2. The zero-order valence-corrected chi connectivity index (χ0v) is 19.8. The predicted molar refractivity (Wildman–Crippen MR) is 123 cm³/mol. The minimum atomic E-state index is 0. The standard InChI is InChI=1S/C19H41N5O.HI/c1-5-20-19(22-11-16-23(3)12-7-17-25-4)21-10-6-13-24-14-8-18(2)9-15-24;/h18H,5-17H2,1-4H3,(H2,20,21,22);1H. The molecule has 0 bridgehead atoms. The van der Waals surface area contributed by atoms with Crippen molar-refractivity contribution in [1.82, 2.24) is 20.4 Å². The van der Waals surface area contributed by atoms with Gasteiger partial charge in [0, 0.05) is 46.4 Å². The van der Waals surface area contributed by atoms with E-state index in [0.29, 0.717) is 0 Å². The molecule has 1 rings (SSSR count). The lowest BCUT2D eigenvalue weighted by Gasteiger charge is -2.29. The summed E-state index contributed by atoms with van der Waals surface area (Å²) < 4.78 is 5.10. The highest BCUT2D eigenvalue weighted by atomic mass is 127. The van der Waals surface area contributed by atoms with Crippen molar-refractivity contribution in [3.05, 3.63) is 0 Å². The molecule has 1 heterocycles. The Labute approximate surface area is 178 Å². The first kappa shape index (κ1) is 25.9. The van der Waals surface area contributed by atoms with Gasteiger partial charge in [-0.2, -0.15) is 0 Å². The number of likely N-dealkylation sites (tertiary alicyclic amines) is 1. The number of methoxy groups -OCH3 is 1. The summed E-state index contributed by atoms with van der Waals surface area (Å²) in [4.78, 5) is 9.63. The normalized spacial score (nSPS) is 16.6. The van der Waals surface area contributed by atoms with Gasteiger partial charge in [-0.25, -0.2) is 0 Å². The maximum absolute atomic E-state index is 5.10. The molecule has 7 heteroatoms. The summed E-state index contributed by atoms with van der Waals surface area (Å²) in [7, 11) is 3.91. The van der Waals surface area contributed by atoms with E-state index in [1.54, 1.807) is 7.11 Å². The summed E-state index contributed by atoms with van der Waals surface area (Å²) in [6.07, 6.45) is 4.93. The summed E-state index contributed by atoms with van der Waals surface area (Å²) in [6.45, 7) is 13.8. The van der Waals surface area contributed by atoms with Gasteiger partial charge in [-0.05, 0) is 65.2 Å². The number of rotatable bonds is 12. The number of hydrogen-bond acceptors (Lipinski definition) is 4. The first-order valence-corrected chi connectivity index (χ1v) is 10.1. The van der Waals surface area contributed by atoms with Gasteiger partial charge in [-0.1, -0.05) is 6.92 Å². The van der Waals surface area contributed by atoms with E-state index in [4.69, 9.17) is 9.73 Å². The zero-order chi connectivity index (χ0) is 18.3. The Morgan fingerprint density at radius 2 is 1.92 bits per heavy atom. The van der Waals surface area contributed by atoms with Crippen molar-refractivity contribution in [2.45, 2.75) is 39.5 Å². The van der Waals surface area contributed by atoms with Crippen molar-refractivity contribution < 1.29 is 4.74 Å². The number of nitrogens with zero attached hydrogens (tertiary/aromatic N) is 3. The highest BCUT2D eigenvalue weighted by molar-refractivity contribution is 14.0. The molecule has 1 saturated heterocycles. The molecule has 0 unspecified atom stereocenters. The van der Waals surface area contributed by atoms with Crippen LogP contribution < -0.4 is 10.6 Å². The van der Waals surface area contributed by atoms with Gasteiger partial charge in [0.1, 0.15) is 0 Å². The Bertz CT molecular complexity index is 349. The van der Waals surface area contributed by atoms with E-state index >= 15 is 0 Å². The average Bonchev–Trinajstić information content (AvgIpc) is 2.60. The van der Waals surface area contributed by atoms with Crippen LogP contribution in [0.15, 0.2) is 4.99 Å². The number of piperidine rings is 1. The summed E-state index contributed by atoms with van der Waals surface area (Å²) in [5.74, 6) is 1.85. The highest BCUT2D eigenvalue weighted by Crippen LogP contribution is 2.15. The fourth-order valence-corrected chi connectivity index (χ4v) is 3.07. The number of guanidine groups is 1. The molecule has 1 fully saturated rings. The molecule has 2 N–H and O–H groups in total. The van der Waals surface area contributed by atoms with Gasteiger partial charge in [-0.15, -0.1) is 24.0 Å². The predicted octanol–water partition coefficient (Wildman–Crippen LogP) is 2.25. The van der Waals surface area contributed by atoms with Crippen molar-refractivity contribution in [2.75, 3.05) is 73.1 Å². The number of halogens is 1. The molecule has 0 aromatic rings. The van der Waals surface area contributed by atoms with Crippen LogP contribution in [0.5, 0.6) is 0 Å². The van der Waals surface area contributed by atoms with E-state index in [1.807, 2.05) is 0 Å². The fraction of sp³-hybridized carbons (Fsp3) is 0.947. The van der Waals surface area contributed by atoms with Crippen LogP contribution in [0.3, 0.4) is 0 Å². The third-order valence-electron chi connectivity index (χ3n) is 4.80. The van der Waals surface area contributed by atoms with E-state index in [1.165, 1.54) is 32.5 Å². The van der Waals surface area contributed by atoms with E-state index in [-0.39, 0.29) is 24.0 Å². The molecule has 1 aliphatic heterocycles. The largest absolute Gasteiger partial charge is 0.385 e. The second-order valence-corrected chi connectivity index (χ2v) is 7.21. The Kier molecular flexibility index (Phi) is 16.9. The van der Waals surface area contributed by atoms with E-state index < -0.39 is 0 Å². The SMILES string of the molecule is CCNC(=NCCCN1CCC(C)CC1)NCCN(C)CCCOC.I. The second-order valence-electron chi connectivity index (χ2n) is 7.21. The van der Waals surface area contributed by atoms with Crippen LogP contribution in [0.1, 0.15) is 39.5 Å². The molecule has 0 aromatic carbocycles. The van der Waals surface area contributed by atoms with Crippen LogP contribution >= 0.6 is 24.0 Å². The Hall–Kier alpha value is -0.120. The molecule has 26 heavy (non-hydrogen) atoms. The Morgan fingerprint density at radius 3 is 2.58 bits per heavy atom. The maximum Gasteiger partial charge on any atom is 0.191 e. The number of hydrogen-bond donors (Lipinski definition) is 2. The molecule has 0 atom stereocenters. The maximum atomic E-state index is 5.10. The molecule has 0 radical (unpaired) electrons. The van der Waals surface area contributed by atoms with E-state index in [9.17, 15) is 0 Å². The van der Waals surface area contributed by atoms with Crippen molar-refractivity contribution in [1.29, 1.82) is 0 Å². The summed E-state index contributed by atoms with van der Waals surface area (Å²) in [5, 5.41) is 6.78. The molecular weight excluding hydrogens is 441 g/mol. The molecule has 0 aliphatic carbocycles. The van der Waals surface area contributed by atoms with Crippen LogP contribution in [0.4, 0.5) is 0 Å². The van der Waals surface area contributed by atoms with Gasteiger partial charge < -0.3 is 25.2 Å². The van der Waals surface area contributed by atoms with Crippen LogP contribution in [0.25, 0.3) is 0 Å². The number of ether oxygens (including phenoxy) is 1. The minimum absolute atomic E-state index is 0. The van der Waals surface area contributed by atoms with Crippen molar-refractivity contribution in [2.24, 2.45) is 10.9 Å². The summed E-state index contributed by atoms with van der Waals surface area (Å²) in [6, 6.07) is 0. The lowest BCUT2D eigenvalue weighted by molar-refractivity contribution is 0.180. The third kappa shape index (κ3) is 13.1. The molecular formula is C19H42IN5O. The first-order valence-electron chi connectivity index (χ1n) is 10.1. The van der Waals surface area contributed by atoms with Gasteiger partial charge >= 0.3 is 0 Å². The summed E-state index contributed by atoms with van der Waals surface area (Å²) in [5.41, 5.74) is 0. The van der Waals surface area contributed by atoms with Crippen LogP contribution in [-0.2, 0) is 4.74 Å². The smallest absolute Gasteiger partial charge is 0.191 e. The van der Waals surface area contributed by atoms with E-state index in [0.717, 1.165) is 64.0 Å². The highest BCUT2D eigenvalue weighted by Gasteiger charge is 2.14. The molecule has 6 nitrogen and oxygen atoms in total. The zero-order valence-electron chi connectivity index (χ0n) is 17.4. The average molecular weight is 483 g/mol. The van der Waals surface area contributed by atoms with Gasteiger partial charge in [0.25, 0.3) is 0 Å². The minimum Gasteiger partial charge on any atom is -0.385 e. The van der Waals surface area contributed by atoms with Gasteiger partial charge in [-0.3, -0.25) is 4.99 Å². The monoisotopic (exact) mass is 483 g/mol. The Balaban J connectivity index is 0.00000625. The first-order chi connectivity index (χ1) is 12.2. The Morgan fingerprint density at radius 1 is 1.19 bits per heavy atom. The van der Waals surface area contributed by atoms with Crippen LogP contribution in [-0.4, -0.2) is 88.9 Å². The molecule has 0 amide bonds. The molecule has 0 aromatic heterocycles. The van der Waals surface area contributed by atoms with Gasteiger partial charge in [0.2, 0.25) is 0 Å². The second kappa shape index (κ2) is 17.0. The van der Waals surface area contributed by atoms with Crippen molar-refractivity contribution in [3.8, 4) is 0 Å². The lowest BCUT2D eigenvalue weighted by Crippen LogP contribution is -2.41. The van der Waals surface area contributed by atoms with E-state index in [2.05, 4.69) is 41.3 Å². The summed E-state index contributed by atoms with van der Waals surface area (Å²) >= 11 is 0. The van der Waals surface area contributed by atoms with Crippen LogP contribution in [0.2, 0.25) is 0 Å². The molecule has 156 valence electrons. The molecule has 1 aliphatic rings. The molecule has 0 saturated carbocycles. The quantitative estimate of drug-likeness (QED) is 0.193. The van der Waals surface area contributed by atoms with Gasteiger partial charge in [0.15, 0.2) is 5.96 Å². The van der Waals surface area contributed by atoms with Crippen molar-refractivity contribution >= 4 is 29.9 Å². The fourth-order valence-electron chi connectivity index (χ4n) is 3.07. The van der Waals surface area contributed by atoms with Crippen molar-refractivity contribution in [3.63, 3.8) is 0 Å². The number of aliphatic imine (C=N–C) groups is 1. The topological polar surface area (TPSA) is 52.1 Å². The number of likely N-dealkylation sites (N-methyl/N-ethyl adjacent to an activating group) is 1. The third-order valence-corrected chi connectivity index (χ3v) is 4.80.